The zero-order chi connectivity index (χ0) is 13.2. The van der Waals surface area contributed by atoms with E-state index in [9.17, 15) is 8.42 Å². The van der Waals surface area contributed by atoms with Gasteiger partial charge in [0.25, 0.3) is 0 Å². The van der Waals surface area contributed by atoms with Gasteiger partial charge in [0, 0.05) is 15.7 Å². The van der Waals surface area contributed by atoms with Crippen LogP contribution in [0.4, 0.5) is 0 Å². The third-order valence-electron chi connectivity index (χ3n) is 2.60. The monoisotopic (exact) mass is 278 g/mol. The lowest BCUT2D eigenvalue weighted by atomic mass is 10.2. The maximum atomic E-state index is 12.2. The van der Waals surface area contributed by atoms with E-state index in [1.807, 2.05) is 50.2 Å². The Bertz CT molecular complexity index is 644. The highest BCUT2D eigenvalue weighted by Crippen LogP contribution is 2.32. The maximum Gasteiger partial charge on any atom is 0.234 e. The fourth-order valence-electron chi connectivity index (χ4n) is 1.52. The Balaban J connectivity index is 2.33. The van der Waals surface area contributed by atoms with Crippen LogP contribution >= 0.6 is 10.8 Å². The van der Waals surface area contributed by atoms with Crippen LogP contribution in [-0.2, 0) is 8.87 Å². The topological polar surface area (TPSA) is 34.1 Å². The summed E-state index contributed by atoms with van der Waals surface area (Å²) >= 11 is 0. The van der Waals surface area contributed by atoms with E-state index in [0.717, 1.165) is 26.8 Å². The SMILES string of the molecule is Cc1ccc(S(=O)(=O)Sc2ccccc2C)cc1. The van der Waals surface area contributed by atoms with E-state index >= 15 is 0 Å². The lowest BCUT2D eigenvalue weighted by Crippen LogP contribution is -1.95. The lowest BCUT2D eigenvalue weighted by Gasteiger charge is -2.06. The fraction of sp³-hybridized carbons (Fsp3) is 0.143. The van der Waals surface area contributed by atoms with Gasteiger partial charge in [0.1, 0.15) is 0 Å². The van der Waals surface area contributed by atoms with Crippen molar-refractivity contribution in [3.8, 4) is 0 Å². The normalized spacial score (nSPS) is 11.4. The summed E-state index contributed by atoms with van der Waals surface area (Å²) in [6.45, 7) is 3.85. The molecule has 0 spiro atoms. The Morgan fingerprint density at radius 3 is 2.11 bits per heavy atom. The van der Waals surface area contributed by atoms with Crippen LogP contribution in [0.15, 0.2) is 58.3 Å². The van der Waals surface area contributed by atoms with Crippen molar-refractivity contribution >= 4 is 19.7 Å². The molecule has 0 heterocycles. The molecule has 0 aromatic heterocycles. The number of aryl methyl sites for hydroxylation is 2. The molecular weight excluding hydrogens is 264 g/mol. The van der Waals surface area contributed by atoms with E-state index in [1.54, 1.807) is 12.1 Å². The molecule has 94 valence electrons. The molecule has 0 aliphatic heterocycles. The molecular formula is C14H14O2S2. The molecule has 0 bridgehead atoms. The minimum Gasteiger partial charge on any atom is -0.212 e. The molecule has 2 aromatic rings. The van der Waals surface area contributed by atoms with Gasteiger partial charge in [-0.3, -0.25) is 0 Å². The van der Waals surface area contributed by atoms with Gasteiger partial charge in [-0.2, -0.15) is 0 Å². The second kappa shape index (κ2) is 5.16. The zero-order valence-corrected chi connectivity index (χ0v) is 11.9. The van der Waals surface area contributed by atoms with Gasteiger partial charge >= 0.3 is 0 Å². The minimum atomic E-state index is -3.34. The molecule has 0 saturated carbocycles. The summed E-state index contributed by atoms with van der Waals surface area (Å²) in [5.74, 6) is 0. The van der Waals surface area contributed by atoms with Gasteiger partial charge in [-0.25, -0.2) is 8.42 Å². The molecule has 2 nitrogen and oxygen atoms in total. The molecule has 0 saturated heterocycles. The van der Waals surface area contributed by atoms with Crippen molar-refractivity contribution in [2.24, 2.45) is 0 Å². The average Bonchev–Trinajstić information content (AvgIpc) is 2.32. The number of benzene rings is 2. The van der Waals surface area contributed by atoms with Gasteiger partial charge in [-0.15, -0.1) is 0 Å². The van der Waals surface area contributed by atoms with Crippen LogP contribution in [0.1, 0.15) is 11.1 Å². The van der Waals surface area contributed by atoms with Gasteiger partial charge in [-0.1, -0.05) is 35.9 Å². The fourth-order valence-corrected chi connectivity index (χ4v) is 4.55. The van der Waals surface area contributed by atoms with E-state index in [1.165, 1.54) is 0 Å². The van der Waals surface area contributed by atoms with E-state index < -0.39 is 8.87 Å². The van der Waals surface area contributed by atoms with Crippen LogP contribution in [0, 0.1) is 13.8 Å². The van der Waals surface area contributed by atoms with E-state index in [2.05, 4.69) is 0 Å². The van der Waals surface area contributed by atoms with Crippen molar-refractivity contribution in [1.82, 2.24) is 0 Å². The van der Waals surface area contributed by atoms with Gasteiger partial charge < -0.3 is 0 Å². The van der Waals surface area contributed by atoms with Crippen molar-refractivity contribution in [1.29, 1.82) is 0 Å². The Hall–Kier alpha value is -1.26. The van der Waals surface area contributed by atoms with Gasteiger partial charge in [0.2, 0.25) is 8.87 Å². The molecule has 4 heteroatoms. The molecule has 0 amide bonds. The summed E-state index contributed by atoms with van der Waals surface area (Å²) in [5.41, 5.74) is 2.02. The first-order valence-electron chi connectivity index (χ1n) is 5.56. The quantitative estimate of drug-likeness (QED) is 0.801. The number of rotatable bonds is 3. The predicted molar refractivity (Wildman–Crippen MR) is 75.4 cm³/mol. The summed E-state index contributed by atoms with van der Waals surface area (Å²) in [6.07, 6.45) is 0. The molecule has 0 aliphatic carbocycles. The Morgan fingerprint density at radius 1 is 0.889 bits per heavy atom. The second-order valence-electron chi connectivity index (χ2n) is 4.12. The average molecular weight is 278 g/mol. The summed E-state index contributed by atoms with van der Waals surface area (Å²) in [5, 5.41) is 0. The Kier molecular flexibility index (Phi) is 3.78. The Morgan fingerprint density at radius 2 is 1.50 bits per heavy atom. The third-order valence-corrected chi connectivity index (χ3v) is 6.08. The smallest absolute Gasteiger partial charge is 0.212 e. The van der Waals surface area contributed by atoms with Crippen molar-refractivity contribution in [3.63, 3.8) is 0 Å². The summed E-state index contributed by atoms with van der Waals surface area (Å²) < 4.78 is 24.5. The van der Waals surface area contributed by atoms with E-state index in [-0.39, 0.29) is 0 Å². The summed E-state index contributed by atoms with van der Waals surface area (Å²) in [6, 6.07) is 14.4. The van der Waals surface area contributed by atoms with Crippen LogP contribution in [-0.4, -0.2) is 8.42 Å². The molecule has 2 rings (SSSR count). The maximum absolute atomic E-state index is 12.2. The second-order valence-corrected chi connectivity index (χ2v) is 7.92. The Labute approximate surface area is 111 Å². The third kappa shape index (κ3) is 2.94. The van der Waals surface area contributed by atoms with Gasteiger partial charge in [0.15, 0.2) is 0 Å². The summed E-state index contributed by atoms with van der Waals surface area (Å²) in [7, 11) is -2.43. The first-order valence-corrected chi connectivity index (χ1v) is 8.37. The van der Waals surface area contributed by atoms with Gasteiger partial charge in [0.05, 0.1) is 4.90 Å². The molecule has 0 aliphatic rings. The molecule has 0 atom stereocenters. The van der Waals surface area contributed by atoms with Crippen LogP contribution < -0.4 is 0 Å². The molecule has 2 aromatic carbocycles. The highest BCUT2D eigenvalue weighted by atomic mass is 33.1. The first kappa shape index (κ1) is 13.2. The summed E-state index contributed by atoms with van der Waals surface area (Å²) in [4.78, 5) is 1.12. The highest BCUT2D eigenvalue weighted by Gasteiger charge is 2.17. The number of hydrogen-bond donors (Lipinski definition) is 0. The highest BCUT2D eigenvalue weighted by molar-refractivity contribution is 8.72. The molecule has 18 heavy (non-hydrogen) atoms. The zero-order valence-electron chi connectivity index (χ0n) is 10.3. The predicted octanol–water partition coefficient (Wildman–Crippen LogP) is 3.78. The first-order chi connectivity index (χ1) is 8.49. The van der Waals surface area contributed by atoms with Crippen molar-refractivity contribution in [2.45, 2.75) is 23.6 Å². The van der Waals surface area contributed by atoms with Crippen molar-refractivity contribution < 1.29 is 8.42 Å². The van der Waals surface area contributed by atoms with Crippen molar-refractivity contribution in [2.75, 3.05) is 0 Å². The van der Waals surface area contributed by atoms with Crippen LogP contribution in [0.2, 0.25) is 0 Å². The number of hydrogen-bond acceptors (Lipinski definition) is 3. The van der Waals surface area contributed by atoms with Crippen LogP contribution in [0.25, 0.3) is 0 Å². The van der Waals surface area contributed by atoms with Gasteiger partial charge in [-0.05, 0) is 37.6 Å². The largest absolute Gasteiger partial charge is 0.234 e. The molecule has 0 N–H and O–H groups in total. The molecule has 0 radical (unpaired) electrons. The van der Waals surface area contributed by atoms with Crippen molar-refractivity contribution in [3.05, 3.63) is 59.7 Å². The van der Waals surface area contributed by atoms with E-state index in [4.69, 9.17) is 0 Å². The molecule has 0 fully saturated rings. The van der Waals surface area contributed by atoms with Crippen LogP contribution in [0.3, 0.4) is 0 Å². The lowest BCUT2D eigenvalue weighted by molar-refractivity contribution is 0.610. The standard InChI is InChI=1S/C14H14O2S2/c1-11-7-9-13(10-8-11)18(15,16)17-14-6-4-3-5-12(14)2/h3-10H,1-2H3. The minimum absolute atomic E-state index is 0.348. The molecule has 0 unspecified atom stereocenters. The van der Waals surface area contributed by atoms with E-state index in [0.29, 0.717) is 4.90 Å². The van der Waals surface area contributed by atoms with Crippen LogP contribution in [0.5, 0.6) is 0 Å².